The maximum Gasteiger partial charge on any atom is 0.224 e. The van der Waals surface area contributed by atoms with Crippen molar-refractivity contribution in [2.75, 3.05) is 13.1 Å². The number of piperidine rings is 1. The van der Waals surface area contributed by atoms with Crippen LogP contribution in [-0.4, -0.2) is 34.9 Å². The van der Waals surface area contributed by atoms with Crippen molar-refractivity contribution >= 4 is 5.91 Å². The van der Waals surface area contributed by atoms with Crippen LogP contribution in [0.1, 0.15) is 32.4 Å². The van der Waals surface area contributed by atoms with Gasteiger partial charge in [-0.3, -0.25) is 9.78 Å². The van der Waals surface area contributed by atoms with Gasteiger partial charge in [0.2, 0.25) is 5.91 Å². The van der Waals surface area contributed by atoms with E-state index < -0.39 is 0 Å². The maximum atomic E-state index is 11.7. The predicted molar refractivity (Wildman–Crippen MR) is 73.1 cm³/mol. The topological polar surface area (TPSA) is 59.2 Å². The Balaban J connectivity index is 0.000000771. The third-order valence-corrected chi connectivity index (χ3v) is 2.92. The highest BCUT2D eigenvalue weighted by molar-refractivity contribution is 5.77. The van der Waals surface area contributed by atoms with Crippen molar-refractivity contribution in [3.63, 3.8) is 0 Å². The quantitative estimate of drug-likeness (QED) is 0.885. The minimum absolute atomic E-state index is 0.0543. The molecule has 1 aromatic heterocycles. The van der Waals surface area contributed by atoms with Gasteiger partial charge in [0.05, 0.1) is 0 Å². The first-order chi connectivity index (χ1) is 8.75. The zero-order chi connectivity index (χ0) is 13.4. The molecule has 1 aromatic rings. The Labute approximate surface area is 109 Å². The van der Waals surface area contributed by atoms with Crippen molar-refractivity contribution in [1.29, 1.82) is 0 Å². The molecule has 2 rings (SSSR count). The summed E-state index contributed by atoms with van der Waals surface area (Å²) >= 11 is 0. The lowest BCUT2D eigenvalue weighted by Crippen LogP contribution is -2.44. The summed E-state index contributed by atoms with van der Waals surface area (Å²) in [5.41, 5.74) is 6.77. The Hall–Kier alpha value is -1.42. The van der Waals surface area contributed by atoms with Crippen LogP contribution in [0.2, 0.25) is 0 Å². The lowest BCUT2D eigenvalue weighted by Gasteiger charge is -2.29. The number of likely N-dealkylation sites (tertiary alicyclic amines) is 1. The van der Waals surface area contributed by atoms with Crippen molar-refractivity contribution in [2.24, 2.45) is 5.73 Å². The fourth-order valence-electron chi connectivity index (χ4n) is 1.93. The number of carbonyl (C=O) groups excluding carboxylic acids is 1. The average molecular weight is 249 g/mol. The maximum absolute atomic E-state index is 11.7. The molecule has 0 aromatic carbocycles. The second-order valence-electron chi connectivity index (χ2n) is 4.20. The summed E-state index contributed by atoms with van der Waals surface area (Å²) < 4.78 is 0. The van der Waals surface area contributed by atoms with E-state index in [1.54, 1.807) is 6.20 Å². The summed E-state index contributed by atoms with van der Waals surface area (Å²) in [5.74, 6) is 0.176. The normalized spacial score (nSPS) is 19.2. The predicted octanol–water partition coefficient (Wildman–Crippen LogP) is 1.60. The highest BCUT2D eigenvalue weighted by Gasteiger charge is 2.22. The summed E-state index contributed by atoms with van der Waals surface area (Å²) in [7, 11) is 0. The highest BCUT2D eigenvalue weighted by Crippen LogP contribution is 2.10. The Morgan fingerprint density at radius 1 is 1.44 bits per heavy atom. The molecule has 1 aliphatic rings. The highest BCUT2D eigenvalue weighted by atomic mass is 16.2. The van der Waals surface area contributed by atoms with Crippen molar-refractivity contribution in [1.82, 2.24) is 9.88 Å². The van der Waals surface area contributed by atoms with E-state index in [1.165, 1.54) is 0 Å². The van der Waals surface area contributed by atoms with E-state index in [0.29, 0.717) is 6.42 Å². The van der Waals surface area contributed by atoms with Gasteiger partial charge < -0.3 is 10.6 Å². The van der Waals surface area contributed by atoms with Gasteiger partial charge >= 0.3 is 0 Å². The molecule has 0 radical (unpaired) electrons. The first-order valence-corrected chi connectivity index (χ1v) is 6.69. The van der Waals surface area contributed by atoms with Gasteiger partial charge in [-0.15, -0.1) is 0 Å². The molecule has 2 heterocycles. The van der Waals surface area contributed by atoms with Gasteiger partial charge in [0.25, 0.3) is 0 Å². The zero-order valence-electron chi connectivity index (χ0n) is 11.3. The third-order valence-electron chi connectivity index (χ3n) is 2.92. The Kier molecular flexibility index (Phi) is 6.36. The van der Waals surface area contributed by atoms with E-state index >= 15 is 0 Å². The van der Waals surface area contributed by atoms with Gasteiger partial charge in [-0.2, -0.15) is 0 Å². The number of aromatic nitrogens is 1. The lowest BCUT2D eigenvalue weighted by molar-refractivity contribution is -0.133. The van der Waals surface area contributed by atoms with Gasteiger partial charge in [-0.1, -0.05) is 19.9 Å². The molecule has 1 unspecified atom stereocenters. The lowest BCUT2D eigenvalue weighted by atomic mass is 10.1. The van der Waals surface area contributed by atoms with E-state index in [2.05, 4.69) is 4.98 Å². The summed E-state index contributed by atoms with van der Waals surface area (Å²) in [4.78, 5) is 17.8. The Morgan fingerprint density at radius 2 is 2.22 bits per heavy atom. The van der Waals surface area contributed by atoms with Crippen LogP contribution < -0.4 is 5.73 Å². The fourth-order valence-corrected chi connectivity index (χ4v) is 1.93. The first-order valence-electron chi connectivity index (χ1n) is 6.69. The largest absolute Gasteiger partial charge is 0.342 e. The molecule has 0 spiro atoms. The minimum Gasteiger partial charge on any atom is -0.342 e. The number of pyridine rings is 1. The molecule has 1 saturated heterocycles. The molecule has 0 bridgehead atoms. The summed E-state index contributed by atoms with van der Waals surface area (Å²) in [6.07, 6.45) is 4.00. The van der Waals surface area contributed by atoms with Crippen molar-refractivity contribution in [3.05, 3.63) is 30.1 Å². The Bertz CT molecular complexity index is 353. The average Bonchev–Trinajstić information content (AvgIpc) is 2.41. The van der Waals surface area contributed by atoms with Crippen LogP contribution >= 0.6 is 0 Å². The number of nitrogens with zero attached hydrogens (tertiary/aromatic N) is 2. The minimum atomic E-state index is 0.0543. The third kappa shape index (κ3) is 4.45. The molecule has 18 heavy (non-hydrogen) atoms. The van der Waals surface area contributed by atoms with Crippen molar-refractivity contribution in [3.8, 4) is 0 Å². The smallest absolute Gasteiger partial charge is 0.224 e. The fraction of sp³-hybridized carbons (Fsp3) is 0.571. The van der Waals surface area contributed by atoms with Gasteiger partial charge in [0.15, 0.2) is 0 Å². The van der Waals surface area contributed by atoms with E-state index in [1.807, 2.05) is 36.9 Å². The van der Waals surface area contributed by atoms with Crippen molar-refractivity contribution in [2.45, 2.75) is 39.2 Å². The second-order valence-corrected chi connectivity index (χ2v) is 4.20. The monoisotopic (exact) mass is 249 g/mol. The molecule has 100 valence electrons. The molecule has 0 aliphatic carbocycles. The van der Waals surface area contributed by atoms with Crippen molar-refractivity contribution < 1.29 is 4.79 Å². The van der Waals surface area contributed by atoms with Gasteiger partial charge in [-0.05, 0) is 18.6 Å². The van der Waals surface area contributed by atoms with Gasteiger partial charge in [-0.25, -0.2) is 0 Å². The van der Waals surface area contributed by atoms with Crippen LogP contribution in [0.3, 0.4) is 0 Å². The second kappa shape index (κ2) is 7.82. The molecular weight excluding hydrogens is 226 g/mol. The molecular formula is C14H23N3O. The first kappa shape index (κ1) is 14.6. The summed E-state index contributed by atoms with van der Waals surface area (Å²) in [6, 6.07) is 5.91. The molecule has 1 atom stereocenters. The van der Waals surface area contributed by atoms with Crippen LogP contribution in [-0.2, 0) is 11.2 Å². The number of amides is 1. The van der Waals surface area contributed by atoms with E-state index in [4.69, 9.17) is 5.73 Å². The molecule has 0 saturated carbocycles. The van der Waals surface area contributed by atoms with Gasteiger partial charge in [0, 0.05) is 43.9 Å². The summed E-state index contributed by atoms with van der Waals surface area (Å²) in [6.45, 7) is 5.54. The molecule has 1 amide bonds. The number of hydrogen-bond acceptors (Lipinski definition) is 3. The van der Waals surface area contributed by atoms with Gasteiger partial charge in [0.1, 0.15) is 0 Å². The number of nitrogens with two attached hydrogens (primary N) is 1. The Morgan fingerprint density at radius 3 is 2.83 bits per heavy atom. The van der Waals surface area contributed by atoms with Crippen LogP contribution in [0, 0.1) is 0 Å². The van der Waals surface area contributed by atoms with Crippen LogP contribution in [0.4, 0.5) is 0 Å². The number of rotatable bonds is 3. The van der Waals surface area contributed by atoms with Crippen LogP contribution in [0.15, 0.2) is 24.4 Å². The molecule has 1 aliphatic heterocycles. The molecule has 4 heteroatoms. The van der Waals surface area contributed by atoms with Crippen LogP contribution in [0.5, 0.6) is 0 Å². The zero-order valence-corrected chi connectivity index (χ0v) is 11.3. The van der Waals surface area contributed by atoms with E-state index in [0.717, 1.165) is 31.6 Å². The van der Waals surface area contributed by atoms with E-state index in [-0.39, 0.29) is 11.9 Å². The summed E-state index contributed by atoms with van der Waals surface area (Å²) in [5, 5.41) is 0. The number of hydrogen-bond donors (Lipinski definition) is 1. The molecule has 2 N–H and O–H groups in total. The SMILES string of the molecule is CC.NC1CCN(CCc2ccccn2)C(=O)C1. The number of carbonyl (C=O) groups is 1. The standard InChI is InChI=1S/C12H17N3O.C2H6/c13-10-4-7-15(12(16)9-10)8-5-11-3-1-2-6-14-11;1-2/h1-3,6,10H,4-5,7-9,13H2;1-2H3. The molecule has 4 nitrogen and oxygen atoms in total. The molecule has 1 fully saturated rings. The van der Waals surface area contributed by atoms with Crippen LogP contribution in [0.25, 0.3) is 0 Å². The van der Waals surface area contributed by atoms with E-state index in [9.17, 15) is 4.79 Å².